The van der Waals surface area contributed by atoms with Gasteiger partial charge in [0.1, 0.15) is 5.69 Å². The number of amides is 1. The quantitative estimate of drug-likeness (QED) is 0.703. The highest BCUT2D eigenvalue weighted by atomic mass is 16.5. The van der Waals surface area contributed by atoms with Crippen LogP contribution < -0.4 is 5.32 Å². The molecule has 0 radical (unpaired) electrons. The van der Waals surface area contributed by atoms with E-state index in [1.54, 1.807) is 12.1 Å². The Hall–Kier alpha value is -3.41. The summed E-state index contributed by atoms with van der Waals surface area (Å²) in [7, 11) is 1.33. The highest BCUT2D eigenvalue weighted by Gasteiger charge is 2.16. The van der Waals surface area contributed by atoms with Gasteiger partial charge in [-0.1, -0.05) is 30.3 Å². The molecule has 3 aromatic rings. The summed E-state index contributed by atoms with van der Waals surface area (Å²) in [5.74, 6) is -0.770. The van der Waals surface area contributed by atoms with Crippen LogP contribution in [-0.4, -0.2) is 29.2 Å². The summed E-state index contributed by atoms with van der Waals surface area (Å²) in [6, 6.07) is 14.7. The number of nitrogens with zero attached hydrogens (tertiary/aromatic N) is 1. The number of ether oxygens (including phenoxy) is 1. The lowest BCUT2D eigenvalue weighted by Gasteiger charge is -2.11. The zero-order valence-electron chi connectivity index (χ0n) is 14.8. The molecule has 0 aliphatic carbocycles. The van der Waals surface area contributed by atoms with E-state index >= 15 is 0 Å². The number of methoxy groups -OCH3 is 1. The van der Waals surface area contributed by atoms with E-state index in [-0.39, 0.29) is 5.91 Å². The van der Waals surface area contributed by atoms with Crippen molar-refractivity contribution >= 4 is 17.6 Å². The van der Waals surface area contributed by atoms with Gasteiger partial charge in [0, 0.05) is 11.3 Å². The van der Waals surface area contributed by atoms with Gasteiger partial charge in [0.25, 0.3) is 5.91 Å². The minimum atomic E-state index is -0.436. The lowest BCUT2D eigenvalue weighted by atomic mass is 10.0. The number of aromatic nitrogens is 2. The van der Waals surface area contributed by atoms with Crippen molar-refractivity contribution in [3.63, 3.8) is 0 Å². The predicted molar refractivity (Wildman–Crippen MR) is 99.2 cm³/mol. The number of carbonyl (C=O) groups excluding carboxylic acids is 2. The van der Waals surface area contributed by atoms with E-state index in [2.05, 4.69) is 15.5 Å². The Kier molecular flexibility index (Phi) is 4.84. The monoisotopic (exact) mass is 349 g/mol. The molecule has 132 valence electrons. The molecule has 0 spiro atoms. The average Bonchev–Trinajstić information content (AvgIpc) is 3.15. The Labute approximate surface area is 151 Å². The van der Waals surface area contributed by atoms with E-state index in [0.717, 1.165) is 16.7 Å². The van der Waals surface area contributed by atoms with Gasteiger partial charge in [-0.2, -0.15) is 5.10 Å². The molecule has 0 saturated heterocycles. The van der Waals surface area contributed by atoms with Crippen LogP contribution in [0.4, 0.5) is 5.69 Å². The van der Waals surface area contributed by atoms with Crippen molar-refractivity contribution in [1.29, 1.82) is 0 Å². The van der Waals surface area contributed by atoms with E-state index < -0.39 is 5.97 Å². The molecule has 26 heavy (non-hydrogen) atoms. The lowest BCUT2D eigenvalue weighted by Crippen LogP contribution is -2.14. The smallest absolute Gasteiger partial charge is 0.338 e. The molecule has 0 aliphatic heterocycles. The number of hydrogen-bond donors (Lipinski definition) is 2. The first-order chi connectivity index (χ1) is 12.5. The molecule has 3 rings (SSSR count). The number of nitrogens with one attached hydrogen (secondary N) is 2. The van der Waals surface area contributed by atoms with Crippen LogP contribution in [0.3, 0.4) is 0 Å². The number of esters is 1. The number of H-pyrrole nitrogens is 1. The molecule has 0 atom stereocenters. The zero-order chi connectivity index (χ0) is 18.7. The minimum absolute atomic E-state index is 0.334. The topological polar surface area (TPSA) is 84.1 Å². The van der Waals surface area contributed by atoms with Crippen LogP contribution in [0.5, 0.6) is 0 Å². The summed E-state index contributed by atoms with van der Waals surface area (Å²) >= 11 is 0. The number of anilines is 1. The summed E-state index contributed by atoms with van der Waals surface area (Å²) in [4.78, 5) is 24.4. The summed E-state index contributed by atoms with van der Waals surface area (Å²) in [5.41, 5.74) is 4.60. The normalized spacial score (nSPS) is 10.4. The van der Waals surface area contributed by atoms with Crippen LogP contribution in [0, 0.1) is 13.8 Å². The van der Waals surface area contributed by atoms with E-state index in [0.29, 0.717) is 22.6 Å². The molecule has 6 nitrogen and oxygen atoms in total. The molecule has 0 bridgehead atoms. The van der Waals surface area contributed by atoms with Crippen LogP contribution in [0.25, 0.3) is 11.3 Å². The SMILES string of the molecule is COC(=O)c1cc(NC(=O)c2cc(-c3ccccc3)n[nH]2)cc(C)c1C. The first-order valence-corrected chi connectivity index (χ1v) is 8.11. The van der Waals surface area contributed by atoms with Gasteiger partial charge in [-0.3, -0.25) is 9.89 Å². The summed E-state index contributed by atoms with van der Waals surface area (Å²) in [5, 5.41) is 9.72. The van der Waals surface area contributed by atoms with Crippen LogP contribution in [0.1, 0.15) is 32.0 Å². The molecular weight excluding hydrogens is 330 g/mol. The maximum atomic E-state index is 12.5. The van der Waals surface area contributed by atoms with E-state index in [9.17, 15) is 9.59 Å². The molecule has 6 heteroatoms. The molecule has 0 unspecified atom stereocenters. The molecule has 1 heterocycles. The van der Waals surface area contributed by atoms with Crippen LogP contribution in [-0.2, 0) is 4.74 Å². The third-order valence-electron chi connectivity index (χ3n) is 4.22. The van der Waals surface area contributed by atoms with E-state index in [4.69, 9.17) is 4.74 Å². The second kappa shape index (κ2) is 7.23. The molecule has 2 aromatic carbocycles. The fourth-order valence-corrected chi connectivity index (χ4v) is 2.65. The van der Waals surface area contributed by atoms with Gasteiger partial charge >= 0.3 is 5.97 Å². The molecule has 1 aromatic heterocycles. The van der Waals surface area contributed by atoms with Crippen molar-refractivity contribution < 1.29 is 14.3 Å². The summed E-state index contributed by atoms with van der Waals surface area (Å²) < 4.78 is 4.80. The van der Waals surface area contributed by atoms with Gasteiger partial charge in [0.05, 0.1) is 18.4 Å². The van der Waals surface area contributed by atoms with Gasteiger partial charge in [0.15, 0.2) is 0 Å². The van der Waals surface area contributed by atoms with E-state index in [1.807, 2.05) is 50.2 Å². The third-order valence-corrected chi connectivity index (χ3v) is 4.22. The first kappa shape index (κ1) is 17.4. The predicted octanol–water partition coefficient (Wildman–Crippen LogP) is 3.73. The zero-order valence-corrected chi connectivity index (χ0v) is 14.8. The van der Waals surface area contributed by atoms with Gasteiger partial charge in [-0.15, -0.1) is 0 Å². The standard InChI is InChI=1S/C20H19N3O3/c1-12-9-15(10-16(13(12)2)20(25)26-3)21-19(24)18-11-17(22-23-18)14-7-5-4-6-8-14/h4-11H,1-3H3,(H,21,24)(H,22,23). The largest absolute Gasteiger partial charge is 0.465 e. The van der Waals surface area contributed by atoms with E-state index in [1.165, 1.54) is 7.11 Å². The summed E-state index contributed by atoms with van der Waals surface area (Å²) in [6.45, 7) is 3.72. The van der Waals surface area contributed by atoms with Crippen LogP contribution >= 0.6 is 0 Å². The Morgan fingerprint density at radius 2 is 1.81 bits per heavy atom. The lowest BCUT2D eigenvalue weighted by molar-refractivity contribution is 0.0599. The first-order valence-electron chi connectivity index (χ1n) is 8.11. The van der Waals surface area contributed by atoms with Crippen molar-refractivity contribution in [3.05, 3.63) is 70.9 Å². The highest BCUT2D eigenvalue weighted by molar-refractivity contribution is 6.04. The number of aromatic amines is 1. The third kappa shape index (κ3) is 3.49. The molecule has 0 aliphatic rings. The molecule has 0 saturated carbocycles. The molecule has 1 amide bonds. The highest BCUT2D eigenvalue weighted by Crippen LogP contribution is 2.22. The van der Waals surface area contributed by atoms with Gasteiger partial charge in [0.2, 0.25) is 0 Å². The number of aryl methyl sites for hydroxylation is 1. The Morgan fingerprint density at radius 1 is 1.08 bits per heavy atom. The van der Waals surface area contributed by atoms with Crippen molar-refractivity contribution in [2.24, 2.45) is 0 Å². The van der Waals surface area contributed by atoms with Crippen LogP contribution in [0.2, 0.25) is 0 Å². The van der Waals surface area contributed by atoms with Gasteiger partial charge in [-0.25, -0.2) is 4.79 Å². The second-order valence-corrected chi connectivity index (χ2v) is 5.94. The van der Waals surface area contributed by atoms with Crippen molar-refractivity contribution in [2.45, 2.75) is 13.8 Å². The number of rotatable bonds is 4. The van der Waals surface area contributed by atoms with Gasteiger partial charge in [-0.05, 0) is 43.2 Å². The van der Waals surface area contributed by atoms with Crippen molar-refractivity contribution in [1.82, 2.24) is 10.2 Å². The van der Waals surface area contributed by atoms with Gasteiger partial charge < -0.3 is 10.1 Å². The number of benzene rings is 2. The minimum Gasteiger partial charge on any atom is -0.465 e. The fraction of sp³-hybridized carbons (Fsp3) is 0.150. The van der Waals surface area contributed by atoms with Crippen molar-refractivity contribution in [2.75, 3.05) is 12.4 Å². The fourth-order valence-electron chi connectivity index (χ4n) is 2.65. The maximum Gasteiger partial charge on any atom is 0.338 e. The summed E-state index contributed by atoms with van der Waals surface area (Å²) in [6.07, 6.45) is 0. The molecular formula is C20H19N3O3. The second-order valence-electron chi connectivity index (χ2n) is 5.94. The number of hydrogen-bond acceptors (Lipinski definition) is 4. The number of carbonyl (C=O) groups is 2. The maximum absolute atomic E-state index is 12.5. The molecule has 0 fully saturated rings. The molecule has 2 N–H and O–H groups in total. The Bertz CT molecular complexity index is 962. The Morgan fingerprint density at radius 3 is 2.50 bits per heavy atom. The average molecular weight is 349 g/mol. The van der Waals surface area contributed by atoms with Crippen molar-refractivity contribution in [3.8, 4) is 11.3 Å². The Balaban J connectivity index is 1.84. The van der Waals surface area contributed by atoms with Crippen LogP contribution in [0.15, 0.2) is 48.5 Å².